The molecule has 3 aromatic rings. The summed E-state index contributed by atoms with van der Waals surface area (Å²) in [7, 11) is -2.21. The van der Waals surface area contributed by atoms with Crippen molar-refractivity contribution in [1.29, 1.82) is 0 Å². The Bertz CT molecular complexity index is 1160. The number of sulfonamides is 1. The fourth-order valence-electron chi connectivity index (χ4n) is 2.59. The Hall–Kier alpha value is -3.65. The van der Waals surface area contributed by atoms with Crippen LogP contribution >= 0.6 is 0 Å². The minimum atomic E-state index is -3.75. The van der Waals surface area contributed by atoms with E-state index in [2.05, 4.69) is 15.2 Å². The number of benzene rings is 3. The third-order valence-corrected chi connectivity index (χ3v) is 5.64. The van der Waals surface area contributed by atoms with Gasteiger partial charge in [0.05, 0.1) is 23.9 Å². The number of anilines is 1. The molecule has 0 aliphatic heterocycles. The second-order valence-electron chi connectivity index (χ2n) is 6.43. The van der Waals surface area contributed by atoms with Crippen molar-refractivity contribution >= 4 is 27.8 Å². The molecule has 0 heterocycles. The number of nitrogens with one attached hydrogen (secondary N) is 2. The number of aryl methyl sites for hydroxylation is 1. The Balaban J connectivity index is 1.73. The van der Waals surface area contributed by atoms with E-state index in [4.69, 9.17) is 4.74 Å². The molecule has 0 aliphatic carbocycles. The number of rotatable bonds is 7. The van der Waals surface area contributed by atoms with Gasteiger partial charge in [0.25, 0.3) is 15.9 Å². The van der Waals surface area contributed by atoms with Crippen LogP contribution in [0.4, 0.5) is 5.69 Å². The fraction of sp³-hybridized carbons (Fsp3) is 0.0909. The number of nitrogens with zero attached hydrogens (tertiary/aromatic N) is 1. The summed E-state index contributed by atoms with van der Waals surface area (Å²) in [6.07, 6.45) is 1.38. The molecule has 0 aromatic heterocycles. The summed E-state index contributed by atoms with van der Waals surface area (Å²) >= 11 is 0. The summed E-state index contributed by atoms with van der Waals surface area (Å²) in [6, 6.07) is 19.9. The highest BCUT2D eigenvalue weighted by molar-refractivity contribution is 7.92. The van der Waals surface area contributed by atoms with Crippen molar-refractivity contribution in [2.24, 2.45) is 5.10 Å². The van der Waals surface area contributed by atoms with Gasteiger partial charge in [0.15, 0.2) is 0 Å². The van der Waals surface area contributed by atoms with Crippen molar-refractivity contribution in [2.45, 2.75) is 11.8 Å². The number of carbonyl (C=O) groups is 1. The highest BCUT2D eigenvalue weighted by Gasteiger charge is 2.15. The van der Waals surface area contributed by atoms with Crippen molar-refractivity contribution in [3.63, 3.8) is 0 Å². The van der Waals surface area contributed by atoms with Crippen molar-refractivity contribution < 1.29 is 17.9 Å². The molecule has 154 valence electrons. The van der Waals surface area contributed by atoms with E-state index < -0.39 is 15.9 Å². The largest absolute Gasteiger partial charge is 0.497 e. The predicted octanol–water partition coefficient (Wildman–Crippen LogP) is 3.57. The first-order chi connectivity index (χ1) is 14.4. The topological polar surface area (TPSA) is 96.9 Å². The molecule has 30 heavy (non-hydrogen) atoms. The molecule has 0 atom stereocenters. The Morgan fingerprint density at radius 2 is 1.63 bits per heavy atom. The van der Waals surface area contributed by atoms with Crippen LogP contribution in [0.5, 0.6) is 5.75 Å². The summed E-state index contributed by atoms with van der Waals surface area (Å²) in [6.45, 7) is 1.88. The van der Waals surface area contributed by atoms with Crippen molar-refractivity contribution in [2.75, 3.05) is 11.8 Å². The second-order valence-corrected chi connectivity index (χ2v) is 8.12. The minimum Gasteiger partial charge on any atom is -0.497 e. The molecule has 7 nitrogen and oxygen atoms in total. The average Bonchev–Trinajstić information content (AvgIpc) is 2.75. The van der Waals surface area contributed by atoms with Gasteiger partial charge in [-0.3, -0.25) is 9.52 Å². The third kappa shape index (κ3) is 5.24. The summed E-state index contributed by atoms with van der Waals surface area (Å²) in [4.78, 5) is 12.3. The molecular weight excluding hydrogens is 402 g/mol. The van der Waals surface area contributed by atoms with Crippen LogP contribution < -0.4 is 14.9 Å². The van der Waals surface area contributed by atoms with Gasteiger partial charge in [-0.25, -0.2) is 13.8 Å². The number of methoxy groups -OCH3 is 1. The van der Waals surface area contributed by atoms with Crippen LogP contribution in [0.2, 0.25) is 0 Å². The van der Waals surface area contributed by atoms with E-state index in [0.717, 1.165) is 5.56 Å². The molecule has 0 saturated carbocycles. The molecular formula is C22H21N3O4S. The Kier molecular flexibility index (Phi) is 6.48. The Morgan fingerprint density at radius 3 is 2.30 bits per heavy atom. The smallest absolute Gasteiger partial charge is 0.271 e. The zero-order valence-corrected chi connectivity index (χ0v) is 17.3. The average molecular weight is 423 g/mol. The summed E-state index contributed by atoms with van der Waals surface area (Å²) in [5.41, 5.74) is 4.66. The van der Waals surface area contributed by atoms with E-state index in [0.29, 0.717) is 22.6 Å². The first-order valence-electron chi connectivity index (χ1n) is 9.05. The monoisotopic (exact) mass is 423 g/mol. The Labute approximate surface area is 175 Å². The van der Waals surface area contributed by atoms with Crippen LogP contribution in [0.25, 0.3) is 0 Å². The lowest BCUT2D eigenvalue weighted by Crippen LogP contribution is -2.18. The van der Waals surface area contributed by atoms with E-state index in [1.165, 1.54) is 6.21 Å². The summed E-state index contributed by atoms with van der Waals surface area (Å²) in [5, 5.41) is 3.94. The lowest BCUT2D eigenvalue weighted by atomic mass is 10.2. The molecule has 0 spiro atoms. The Morgan fingerprint density at radius 1 is 0.967 bits per heavy atom. The van der Waals surface area contributed by atoms with Crippen LogP contribution in [0.3, 0.4) is 0 Å². The number of hydrogen-bond acceptors (Lipinski definition) is 5. The molecule has 3 rings (SSSR count). The van der Waals surface area contributed by atoms with E-state index in [9.17, 15) is 13.2 Å². The predicted molar refractivity (Wildman–Crippen MR) is 116 cm³/mol. The van der Waals surface area contributed by atoms with E-state index in [-0.39, 0.29) is 4.90 Å². The molecule has 0 unspecified atom stereocenters. The third-order valence-electron chi connectivity index (χ3n) is 4.26. The maximum atomic E-state index is 12.6. The van der Waals surface area contributed by atoms with Gasteiger partial charge in [-0.1, -0.05) is 35.9 Å². The standard InChI is InChI=1S/C22H21N3O4S/c1-16-7-13-20(14-8-16)30(27,28)25-21-6-4-3-5-18(21)15-23-24-22(26)17-9-11-19(29-2)12-10-17/h3-15,25H,1-2H3,(H,24,26)/b23-15+. The minimum absolute atomic E-state index is 0.160. The zero-order chi connectivity index (χ0) is 21.6. The second kappa shape index (κ2) is 9.23. The molecule has 0 fully saturated rings. The number of hydrazone groups is 1. The fourth-order valence-corrected chi connectivity index (χ4v) is 3.68. The highest BCUT2D eigenvalue weighted by Crippen LogP contribution is 2.19. The number of para-hydroxylation sites is 1. The lowest BCUT2D eigenvalue weighted by Gasteiger charge is -2.10. The van der Waals surface area contributed by atoms with Gasteiger partial charge in [0, 0.05) is 11.1 Å². The van der Waals surface area contributed by atoms with Crippen LogP contribution in [-0.2, 0) is 10.0 Å². The van der Waals surface area contributed by atoms with Crippen LogP contribution in [0.1, 0.15) is 21.5 Å². The quantitative estimate of drug-likeness (QED) is 0.448. The van der Waals surface area contributed by atoms with Crippen LogP contribution in [0.15, 0.2) is 82.8 Å². The van der Waals surface area contributed by atoms with Crippen LogP contribution in [-0.4, -0.2) is 27.6 Å². The number of amides is 1. The van der Waals surface area contributed by atoms with Gasteiger partial charge in [-0.15, -0.1) is 0 Å². The van der Waals surface area contributed by atoms with Crippen molar-refractivity contribution in [1.82, 2.24) is 5.43 Å². The maximum Gasteiger partial charge on any atom is 0.271 e. The number of hydrogen-bond donors (Lipinski definition) is 2. The highest BCUT2D eigenvalue weighted by atomic mass is 32.2. The first kappa shape index (κ1) is 21.1. The SMILES string of the molecule is COc1ccc(C(=O)N/N=C/c2ccccc2NS(=O)(=O)c2ccc(C)cc2)cc1. The van der Waals surface area contributed by atoms with Gasteiger partial charge >= 0.3 is 0 Å². The lowest BCUT2D eigenvalue weighted by molar-refractivity contribution is 0.0955. The van der Waals surface area contributed by atoms with Crippen molar-refractivity contribution in [3.05, 3.63) is 89.5 Å². The van der Waals surface area contributed by atoms with E-state index in [1.54, 1.807) is 79.9 Å². The normalized spacial score (nSPS) is 11.3. The molecule has 8 heteroatoms. The molecule has 0 radical (unpaired) electrons. The van der Waals surface area contributed by atoms with Crippen LogP contribution in [0, 0.1) is 6.92 Å². The number of carbonyl (C=O) groups excluding carboxylic acids is 1. The van der Waals surface area contributed by atoms with Gasteiger partial charge in [0.2, 0.25) is 0 Å². The molecule has 1 amide bonds. The van der Waals surface area contributed by atoms with Crippen molar-refractivity contribution in [3.8, 4) is 5.75 Å². The molecule has 2 N–H and O–H groups in total. The maximum absolute atomic E-state index is 12.6. The summed E-state index contributed by atoms with van der Waals surface area (Å²) < 4.78 is 32.9. The van der Waals surface area contributed by atoms with E-state index in [1.807, 2.05) is 6.92 Å². The first-order valence-corrected chi connectivity index (χ1v) is 10.5. The molecule has 0 saturated heterocycles. The number of ether oxygens (including phenoxy) is 1. The zero-order valence-electron chi connectivity index (χ0n) is 16.5. The molecule has 0 aliphatic rings. The van der Waals surface area contributed by atoms with E-state index >= 15 is 0 Å². The van der Waals surface area contributed by atoms with Gasteiger partial charge in [-0.2, -0.15) is 5.10 Å². The van der Waals surface area contributed by atoms with Gasteiger partial charge < -0.3 is 4.74 Å². The van der Waals surface area contributed by atoms with Gasteiger partial charge in [0.1, 0.15) is 5.75 Å². The molecule has 0 bridgehead atoms. The molecule has 3 aromatic carbocycles. The summed E-state index contributed by atoms with van der Waals surface area (Å²) in [5.74, 6) is 0.247. The van der Waals surface area contributed by atoms with Gasteiger partial charge in [-0.05, 0) is 49.4 Å².